The van der Waals surface area contributed by atoms with Crippen molar-refractivity contribution >= 4 is 64.5 Å². The highest BCUT2D eigenvalue weighted by molar-refractivity contribution is 9.11. The Bertz CT molecular complexity index is 1050. The maximum atomic E-state index is 12.6. The Morgan fingerprint density at radius 1 is 1.12 bits per heavy atom. The van der Waals surface area contributed by atoms with Gasteiger partial charge in [-0.2, -0.15) is 8.42 Å². The fraction of sp³-hybridized carbons (Fsp3) is 0.0625. The Labute approximate surface area is 161 Å². The number of aryl methyl sites for hydroxylation is 1. The van der Waals surface area contributed by atoms with E-state index in [1.807, 2.05) is 6.07 Å². The first-order valence-corrected chi connectivity index (χ1v) is 10.1. The molecule has 0 fully saturated rings. The standard InChI is InChI=1S/C16H10Br2ClNO3S/c1-9-7-10(4-5-14(9)19)24(21,22)23-16-13(18)8-12(17)11-3-2-6-20-15(11)16/h2-8H,1H3. The van der Waals surface area contributed by atoms with Crippen molar-refractivity contribution in [3.63, 3.8) is 0 Å². The first kappa shape index (κ1) is 17.7. The monoisotopic (exact) mass is 489 g/mol. The first-order chi connectivity index (χ1) is 11.3. The Balaban J connectivity index is 2.14. The van der Waals surface area contributed by atoms with Crippen LogP contribution in [0.25, 0.3) is 10.9 Å². The van der Waals surface area contributed by atoms with E-state index in [0.717, 1.165) is 9.86 Å². The van der Waals surface area contributed by atoms with Crippen LogP contribution in [-0.2, 0) is 10.1 Å². The van der Waals surface area contributed by atoms with Gasteiger partial charge in [0.1, 0.15) is 10.4 Å². The second kappa shape index (κ2) is 6.63. The minimum atomic E-state index is -4.02. The SMILES string of the molecule is Cc1cc(S(=O)(=O)Oc2c(Br)cc(Br)c3cccnc23)ccc1Cl. The molecule has 0 bridgehead atoms. The van der Waals surface area contributed by atoms with Gasteiger partial charge in [0, 0.05) is 21.1 Å². The van der Waals surface area contributed by atoms with Crippen molar-refractivity contribution in [1.29, 1.82) is 0 Å². The molecule has 2 aromatic carbocycles. The molecule has 124 valence electrons. The summed E-state index contributed by atoms with van der Waals surface area (Å²) in [6.07, 6.45) is 1.58. The first-order valence-electron chi connectivity index (χ1n) is 6.73. The van der Waals surface area contributed by atoms with Gasteiger partial charge >= 0.3 is 10.1 Å². The second-order valence-corrected chi connectivity index (χ2v) is 8.68. The average molecular weight is 492 g/mol. The zero-order valence-corrected chi connectivity index (χ0v) is 17.0. The Hall–Kier alpha value is -1.15. The van der Waals surface area contributed by atoms with Crippen LogP contribution in [-0.4, -0.2) is 13.4 Å². The molecule has 0 unspecified atom stereocenters. The van der Waals surface area contributed by atoms with Crippen molar-refractivity contribution in [1.82, 2.24) is 4.98 Å². The lowest BCUT2D eigenvalue weighted by atomic mass is 10.2. The zero-order chi connectivity index (χ0) is 17.5. The minimum Gasteiger partial charge on any atom is -0.375 e. The molecule has 0 amide bonds. The van der Waals surface area contributed by atoms with E-state index in [0.29, 0.717) is 20.6 Å². The summed E-state index contributed by atoms with van der Waals surface area (Å²) < 4.78 is 31.9. The van der Waals surface area contributed by atoms with Gasteiger partial charge < -0.3 is 4.18 Å². The van der Waals surface area contributed by atoms with Gasteiger partial charge in [-0.3, -0.25) is 4.98 Å². The van der Waals surface area contributed by atoms with E-state index in [1.165, 1.54) is 18.2 Å². The van der Waals surface area contributed by atoms with Gasteiger partial charge in [0.2, 0.25) is 0 Å². The maximum Gasteiger partial charge on any atom is 0.339 e. The number of rotatable bonds is 3. The Kier molecular flexibility index (Phi) is 4.88. The smallest absolute Gasteiger partial charge is 0.339 e. The van der Waals surface area contributed by atoms with E-state index in [2.05, 4.69) is 36.8 Å². The molecule has 0 atom stereocenters. The predicted molar refractivity (Wildman–Crippen MR) is 101 cm³/mol. The summed E-state index contributed by atoms with van der Waals surface area (Å²) in [6, 6.07) is 9.72. The molecule has 3 rings (SSSR count). The van der Waals surface area contributed by atoms with Gasteiger partial charge in [0.15, 0.2) is 5.75 Å². The number of halogens is 3. The van der Waals surface area contributed by atoms with E-state index in [-0.39, 0.29) is 10.6 Å². The lowest BCUT2D eigenvalue weighted by molar-refractivity contribution is 0.486. The van der Waals surface area contributed by atoms with Crippen LogP contribution in [0.5, 0.6) is 5.75 Å². The molecule has 8 heteroatoms. The summed E-state index contributed by atoms with van der Waals surface area (Å²) in [5, 5.41) is 1.24. The number of pyridine rings is 1. The normalized spacial score (nSPS) is 11.7. The van der Waals surface area contributed by atoms with E-state index in [9.17, 15) is 8.42 Å². The van der Waals surface area contributed by atoms with Gasteiger partial charge in [0.25, 0.3) is 0 Å². The second-order valence-electron chi connectivity index (χ2n) is 5.02. The van der Waals surface area contributed by atoms with Crippen LogP contribution >= 0.6 is 43.5 Å². The molecule has 0 spiro atoms. The summed E-state index contributed by atoms with van der Waals surface area (Å²) in [5.41, 5.74) is 1.09. The molecule has 3 aromatic rings. The third-order valence-electron chi connectivity index (χ3n) is 3.36. The van der Waals surface area contributed by atoms with Crippen LogP contribution in [0.1, 0.15) is 5.56 Å². The Morgan fingerprint density at radius 3 is 2.58 bits per heavy atom. The molecule has 1 aromatic heterocycles. The highest BCUT2D eigenvalue weighted by Gasteiger charge is 2.22. The van der Waals surface area contributed by atoms with Crippen LogP contribution in [0.2, 0.25) is 5.02 Å². The van der Waals surface area contributed by atoms with Crippen LogP contribution in [0.4, 0.5) is 0 Å². The molecule has 4 nitrogen and oxygen atoms in total. The number of nitrogens with zero attached hydrogens (tertiary/aromatic N) is 1. The molecular weight excluding hydrogens is 482 g/mol. The van der Waals surface area contributed by atoms with E-state index >= 15 is 0 Å². The third kappa shape index (κ3) is 3.31. The zero-order valence-electron chi connectivity index (χ0n) is 12.3. The molecule has 0 saturated heterocycles. The number of hydrogen-bond donors (Lipinski definition) is 0. The summed E-state index contributed by atoms with van der Waals surface area (Å²) in [4.78, 5) is 4.27. The number of hydrogen-bond acceptors (Lipinski definition) is 4. The predicted octanol–water partition coefficient (Wildman–Crippen LogP) is 5.49. The quantitative estimate of drug-likeness (QED) is 0.455. The van der Waals surface area contributed by atoms with Gasteiger partial charge in [-0.05, 0) is 58.7 Å². The topological polar surface area (TPSA) is 56.3 Å². The molecule has 24 heavy (non-hydrogen) atoms. The molecule has 1 heterocycles. The van der Waals surface area contributed by atoms with Crippen molar-refractivity contribution in [3.8, 4) is 5.75 Å². The molecule has 0 N–H and O–H groups in total. The number of fused-ring (bicyclic) bond motifs is 1. The largest absolute Gasteiger partial charge is 0.375 e. The van der Waals surface area contributed by atoms with E-state index < -0.39 is 10.1 Å². The third-order valence-corrected chi connectivity index (χ3v) is 6.25. The molecular formula is C16H10Br2ClNO3S. The van der Waals surface area contributed by atoms with Crippen molar-refractivity contribution in [3.05, 3.63) is 62.1 Å². The van der Waals surface area contributed by atoms with E-state index in [4.69, 9.17) is 15.8 Å². The van der Waals surface area contributed by atoms with Crippen molar-refractivity contribution < 1.29 is 12.6 Å². The van der Waals surface area contributed by atoms with Crippen LogP contribution < -0.4 is 4.18 Å². The summed E-state index contributed by atoms with van der Waals surface area (Å²) in [7, 11) is -4.02. The van der Waals surface area contributed by atoms with Crippen molar-refractivity contribution in [2.24, 2.45) is 0 Å². The summed E-state index contributed by atoms with van der Waals surface area (Å²) in [5.74, 6) is 0.140. The van der Waals surface area contributed by atoms with Crippen LogP contribution in [0, 0.1) is 6.92 Å². The maximum absolute atomic E-state index is 12.6. The fourth-order valence-electron chi connectivity index (χ4n) is 2.16. The summed E-state index contributed by atoms with van der Waals surface area (Å²) in [6.45, 7) is 1.73. The van der Waals surface area contributed by atoms with Gasteiger partial charge in [-0.25, -0.2) is 0 Å². The Morgan fingerprint density at radius 2 is 1.88 bits per heavy atom. The van der Waals surface area contributed by atoms with E-state index in [1.54, 1.807) is 25.3 Å². The fourth-order valence-corrected chi connectivity index (χ4v) is 4.77. The molecule has 0 aliphatic heterocycles. The van der Waals surface area contributed by atoms with Crippen LogP contribution in [0.15, 0.2) is 56.4 Å². The highest BCUT2D eigenvalue weighted by Crippen LogP contribution is 2.38. The van der Waals surface area contributed by atoms with Crippen molar-refractivity contribution in [2.75, 3.05) is 0 Å². The van der Waals surface area contributed by atoms with Gasteiger partial charge in [0.05, 0.1) is 4.47 Å². The minimum absolute atomic E-state index is 0.0308. The van der Waals surface area contributed by atoms with Gasteiger partial charge in [-0.15, -0.1) is 0 Å². The van der Waals surface area contributed by atoms with Crippen molar-refractivity contribution in [2.45, 2.75) is 11.8 Å². The number of aromatic nitrogens is 1. The average Bonchev–Trinajstić information content (AvgIpc) is 2.54. The summed E-state index contributed by atoms with van der Waals surface area (Å²) >= 11 is 12.7. The lowest BCUT2D eigenvalue weighted by Gasteiger charge is -2.12. The van der Waals surface area contributed by atoms with Gasteiger partial charge in [-0.1, -0.05) is 33.6 Å². The molecule has 0 aliphatic carbocycles. The molecule has 0 radical (unpaired) electrons. The highest BCUT2D eigenvalue weighted by atomic mass is 79.9. The van der Waals surface area contributed by atoms with Crippen LogP contribution in [0.3, 0.4) is 0 Å². The lowest BCUT2D eigenvalue weighted by Crippen LogP contribution is -2.11. The molecule has 0 saturated carbocycles. The number of benzene rings is 2. The molecule has 0 aliphatic rings.